The number of fused-ring (bicyclic) bond motifs is 3. The topological polar surface area (TPSA) is 32.3 Å². The zero-order valence-corrected chi connectivity index (χ0v) is 11.5. The molecular weight excluding hydrogens is 236 g/mol. The lowest BCUT2D eigenvalue weighted by Gasteiger charge is -2.48. The lowest BCUT2D eigenvalue weighted by Crippen LogP contribution is -2.53. The fraction of sp³-hybridized carbons (Fsp3) is 0.562. The highest BCUT2D eigenvalue weighted by Crippen LogP contribution is 2.37. The van der Waals surface area contributed by atoms with Crippen molar-refractivity contribution >= 4 is 5.91 Å². The van der Waals surface area contributed by atoms with Crippen LogP contribution in [0.15, 0.2) is 30.3 Å². The smallest absolute Gasteiger partial charge is 0.251 e. The second kappa shape index (κ2) is 5.33. The molecule has 1 N–H and O–H groups in total. The van der Waals surface area contributed by atoms with Crippen LogP contribution in [0.4, 0.5) is 0 Å². The van der Waals surface area contributed by atoms with Gasteiger partial charge in [0.1, 0.15) is 0 Å². The summed E-state index contributed by atoms with van der Waals surface area (Å²) < 4.78 is 0. The molecule has 2 heterocycles. The molecule has 19 heavy (non-hydrogen) atoms. The summed E-state index contributed by atoms with van der Waals surface area (Å²) >= 11 is 0. The minimum atomic E-state index is 0.0599. The summed E-state index contributed by atoms with van der Waals surface area (Å²) in [6.07, 6.45) is 3.95. The average molecular weight is 258 g/mol. The Hall–Kier alpha value is -1.35. The number of carbonyl (C=O) groups is 1. The number of nitrogens with zero attached hydrogens (tertiary/aromatic N) is 1. The first-order valence-electron chi connectivity index (χ1n) is 7.27. The molecule has 3 fully saturated rings. The maximum absolute atomic E-state index is 12.1. The number of hydrogen-bond donors (Lipinski definition) is 1. The second-order valence-corrected chi connectivity index (χ2v) is 6.02. The standard InChI is InChI=1S/C16H22N2O/c1-18-11-12-7-8-15(18)14(9-12)10-17-16(19)13-5-3-2-4-6-13/h2-6,12,14-15H,7-11H2,1H3,(H,17,19). The van der Waals surface area contributed by atoms with Crippen molar-refractivity contribution in [3.8, 4) is 0 Å². The van der Waals surface area contributed by atoms with Gasteiger partial charge in [-0.25, -0.2) is 0 Å². The van der Waals surface area contributed by atoms with Crippen molar-refractivity contribution < 1.29 is 4.79 Å². The number of carbonyl (C=O) groups excluding carboxylic acids is 1. The van der Waals surface area contributed by atoms with E-state index in [2.05, 4.69) is 17.3 Å². The number of piperidine rings is 2. The maximum Gasteiger partial charge on any atom is 0.251 e. The monoisotopic (exact) mass is 258 g/mol. The number of nitrogens with one attached hydrogen (secondary N) is 1. The van der Waals surface area contributed by atoms with Gasteiger partial charge in [-0.15, -0.1) is 0 Å². The van der Waals surface area contributed by atoms with E-state index in [-0.39, 0.29) is 5.91 Å². The Labute approximate surface area is 115 Å². The maximum atomic E-state index is 12.1. The number of hydrogen-bond acceptors (Lipinski definition) is 2. The first-order chi connectivity index (χ1) is 9.24. The molecule has 2 saturated heterocycles. The fourth-order valence-corrected chi connectivity index (χ4v) is 3.77. The predicted octanol–water partition coefficient (Wildman–Crippen LogP) is 2.15. The van der Waals surface area contributed by atoms with E-state index in [1.165, 1.54) is 25.8 Å². The zero-order chi connectivity index (χ0) is 13.2. The SMILES string of the molecule is CN1CC2CCC1C(CNC(=O)c1ccccc1)C2. The third kappa shape index (κ3) is 2.66. The molecule has 1 aromatic carbocycles. The average Bonchev–Trinajstić information content (AvgIpc) is 2.46. The van der Waals surface area contributed by atoms with Gasteiger partial charge in [0.25, 0.3) is 5.91 Å². The summed E-state index contributed by atoms with van der Waals surface area (Å²) in [5, 5.41) is 3.11. The van der Waals surface area contributed by atoms with Gasteiger partial charge in [-0.05, 0) is 50.3 Å². The van der Waals surface area contributed by atoms with Crippen LogP contribution >= 0.6 is 0 Å². The van der Waals surface area contributed by atoms with E-state index in [4.69, 9.17) is 0 Å². The number of rotatable bonds is 3. The van der Waals surface area contributed by atoms with Crippen LogP contribution in [0.3, 0.4) is 0 Å². The van der Waals surface area contributed by atoms with E-state index < -0.39 is 0 Å². The van der Waals surface area contributed by atoms with Crippen LogP contribution in [0.25, 0.3) is 0 Å². The Morgan fingerprint density at radius 2 is 2.11 bits per heavy atom. The largest absolute Gasteiger partial charge is 0.352 e. The molecule has 4 rings (SSSR count). The minimum Gasteiger partial charge on any atom is -0.352 e. The van der Waals surface area contributed by atoms with Gasteiger partial charge in [-0.2, -0.15) is 0 Å². The highest BCUT2D eigenvalue weighted by Gasteiger charge is 2.38. The van der Waals surface area contributed by atoms with E-state index in [0.717, 1.165) is 18.0 Å². The molecule has 0 aromatic heterocycles. The molecule has 2 bridgehead atoms. The lowest BCUT2D eigenvalue weighted by atomic mass is 9.73. The van der Waals surface area contributed by atoms with E-state index in [9.17, 15) is 4.79 Å². The fourth-order valence-electron chi connectivity index (χ4n) is 3.77. The third-order valence-corrected chi connectivity index (χ3v) is 4.72. The van der Waals surface area contributed by atoms with Gasteiger partial charge >= 0.3 is 0 Å². The first kappa shape index (κ1) is 12.7. The van der Waals surface area contributed by atoms with Crippen LogP contribution in [-0.2, 0) is 0 Å². The van der Waals surface area contributed by atoms with E-state index in [1.807, 2.05) is 30.3 Å². The molecule has 0 radical (unpaired) electrons. The molecule has 1 amide bonds. The molecule has 2 aliphatic heterocycles. The van der Waals surface area contributed by atoms with Gasteiger partial charge in [0.2, 0.25) is 0 Å². The Morgan fingerprint density at radius 1 is 1.32 bits per heavy atom. The molecule has 0 spiro atoms. The van der Waals surface area contributed by atoms with E-state index in [1.54, 1.807) is 0 Å². The van der Waals surface area contributed by atoms with Crippen LogP contribution < -0.4 is 5.32 Å². The van der Waals surface area contributed by atoms with Crippen LogP contribution in [0, 0.1) is 11.8 Å². The van der Waals surface area contributed by atoms with Crippen molar-refractivity contribution in [2.45, 2.75) is 25.3 Å². The summed E-state index contributed by atoms with van der Waals surface area (Å²) in [6, 6.07) is 10.2. The molecule has 1 aromatic rings. The molecule has 3 unspecified atom stereocenters. The van der Waals surface area contributed by atoms with Crippen LogP contribution in [0.1, 0.15) is 29.6 Å². The molecule has 3 aliphatic rings. The van der Waals surface area contributed by atoms with Crippen molar-refractivity contribution in [2.24, 2.45) is 11.8 Å². The van der Waals surface area contributed by atoms with Crippen molar-refractivity contribution in [2.75, 3.05) is 20.1 Å². The molecule has 3 heteroatoms. The van der Waals surface area contributed by atoms with Crippen molar-refractivity contribution in [3.63, 3.8) is 0 Å². The van der Waals surface area contributed by atoms with E-state index >= 15 is 0 Å². The number of amides is 1. The van der Waals surface area contributed by atoms with Crippen molar-refractivity contribution in [3.05, 3.63) is 35.9 Å². The Bertz CT molecular complexity index is 445. The number of benzene rings is 1. The Morgan fingerprint density at radius 3 is 2.79 bits per heavy atom. The van der Waals surface area contributed by atoms with Gasteiger partial charge < -0.3 is 10.2 Å². The summed E-state index contributed by atoms with van der Waals surface area (Å²) in [5.74, 6) is 1.53. The Kier molecular flexibility index (Phi) is 3.56. The van der Waals surface area contributed by atoms with Crippen molar-refractivity contribution in [1.29, 1.82) is 0 Å². The normalized spacial score (nSPS) is 30.3. The van der Waals surface area contributed by atoms with Gasteiger partial charge in [0, 0.05) is 24.7 Å². The Balaban J connectivity index is 1.57. The first-order valence-corrected chi connectivity index (χ1v) is 7.27. The molecule has 3 atom stereocenters. The quantitative estimate of drug-likeness (QED) is 0.901. The second-order valence-electron chi connectivity index (χ2n) is 6.02. The summed E-state index contributed by atoms with van der Waals surface area (Å²) in [6.45, 7) is 2.06. The summed E-state index contributed by atoms with van der Waals surface area (Å²) in [7, 11) is 2.22. The van der Waals surface area contributed by atoms with Gasteiger partial charge in [-0.3, -0.25) is 4.79 Å². The molecular formula is C16H22N2O. The predicted molar refractivity (Wildman–Crippen MR) is 76.0 cm³/mol. The summed E-state index contributed by atoms with van der Waals surface area (Å²) in [4.78, 5) is 14.5. The van der Waals surface area contributed by atoms with Gasteiger partial charge in [0.15, 0.2) is 0 Å². The van der Waals surface area contributed by atoms with Gasteiger partial charge in [-0.1, -0.05) is 18.2 Å². The molecule has 3 nitrogen and oxygen atoms in total. The van der Waals surface area contributed by atoms with Crippen LogP contribution in [-0.4, -0.2) is 37.0 Å². The summed E-state index contributed by atoms with van der Waals surface area (Å²) in [5.41, 5.74) is 0.761. The van der Waals surface area contributed by atoms with Crippen LogP contribution in [0.2, 0.25) is 0 Å². The van der Waals surface area contributed by atoms with Gasteiger partial charge in [0.05, 0.1) is 0 Å². The highest BCUT2D eigenvalue weighted by atomic mass is 16.1. The minimum absolute atomic E-state index is 0.0599. The molecule has 102 valence electrons. The van der Waals surface area contributed by atoms with E-state index in [0.29, 0.717) is 12.0 Å². The zero-order valence-electron chi connectivity index (χ0n) is 11.5. The molecule has 1 aliphatic carbocycles. The van der Waals surface area contributed by atoms with Crippen LogP contribution in [0.5, 0.6) is 0 Å². The van der Waals surface area contributed by atoms with Crippen molar-refractivity contribution in [1.82, 2.24) is 10.2 Å². The molecule has 1 saturated carbocycles. The third-order valence-electron chi connectivity index (χ3n) is 4.72. The lowest BCUT2D eigenvalue weighted by molar-refractivity contribution is 0.0203. The highest BCUT2D eigenvalue weighted by molar-refractivity contribution is 5.94.